The predicted octanol–water partition coefficient (Wildman–Crippen LogP) is 1.12. The lowest BCUT2D eigenvalue weighted by Crippen LogP contribution is -2.62. The number of nitrogens with two attached hydrogens (primary N) is 2. The van der Waals surface area contributed by atoms with Gasteiger partial charge in [0, 0.05) is 11.9 Å². The van der Waals surface area contributed by atoms with E-state index < -0.39 is 57.1 Å². The molecule has 3 aromatic rings. The van der Waals surface area contributed by atoms with Crippen molar-refractivity contribution < 1.29 is 52.5 Å². The first-order valence-corrected chi connectivity index (χ1v) is 14.0. The third-order valence-electron chi connectivity index (χ3n) is 6.11. The van der Waals surface area contributed by atoms with E-state index in [0.717, 1.165) is 5.56 Å². The molecule has 0 aliphatic carbocycles. The maximum Gasteiger partial charge on any atom is 0.470 e. The fourth-order valence-electron chi connectivity index (χ4n) is 4.13. The van der Waals surface area contributed by atoms with E-state index in [9.17, 15) is 29.0 Å². The molecule has 0 radical (unpaired) electrons. The van der Waals surface area contributed by atoms with E-state index in [4.69, 9.17) is 34.9 Å². The fraction of sp³-hybridized carbons (Fsp3) is 0.308. The van der Waals surface area contributed by atoms with Gasteiger partial charge in [0.2, 0.25) is 6.29 Å². The lowest BCUT2D eigenvalue weighted by molar-refractivity contribution is -0.273. The number of benzene rings is 2. The summed E-state index contributed by atoms with van der Waals surface area (Å²) in [6.45, 7) is -0.142. The van der Waals surface area contributed by atoms with Gasteiger partial charge in [0.05, 0.1) is 5.56 Å². The van der Waals surface area contributed by atoms with Crippen LogP contribution in [0.3, 0.4) is 0 Å². The summed E-state index contributed by atoms with van der Waals surface area (Å²) in [6, 6.07) is 15.7. The molecule has 15 heteroatoms. The fourth-order valence-corrected chi connectivity index (χ4v) is 4.69. The van der Waals surface area contributed by atoms with Crippen molar-refractivity contribution in [3.63, 3.8) is 0 Å². The first kappa shape index (κ1) is 30.2. The van der Waals surface area contributed by atoms with Crippen molar-refractivity contribution in [1.29, 1.82) is 0 Å². The summed E-state index contributed by atoms with van der Waals surface area (Å²) in [4.78, 5) is 47.3. The quantitative estimate of drug-likeness (QED) is 0.105. The summed E-state index contributed by atoms with van der Waals surface area (Å²) >= 11 is 0. The highest BCUT2D eigenvalue weighted by molar-refractivity contribution is 7.46. The maximum atomic E-state index is 13.1. The summed E-state index contributed by atoms with van der Waals surface area (Å²) in [6.07, 6.45) is -6.33. The van der Waals surface area contributed by atoms with Gasteiger partial charge in [-0.1, -0.05) is 24.3 Å². The van der Waals surface area contributed by atoms with Crippen LogP contribution in [0.15, 0.2) is 66.9 Å². The number of H-pyrrole nitrogens is 1. The molecule has 14 nitrogen and oxygen atoms in total. The number of anilines is 1. The molecule has 1 aliphatic rings. The summed E-state index contributed by atoms with van der Waals surface area (Å²) < 4.78 is 39.3. The molecule has 0 saturated carbocycles. The summed E-state index contributed by atoms with van der Waals surface area (Å²) in [5, 5.41) is 11.0. The zero-order valence-corrected chi connectivity index (χ0v) is 22.5. The van der Waals surface area contributed by atoms with E-state index in [1.54, 1.807) is 36.4 Å². The van der Waals surface area contributed by atoms with Crippen molar-refractivity contribution in [1.82, 2.24) is 4.98 Å². The Hall–Kier alpha value is -3.75. The molecule has 1 fully saturated rings. The predicted molar refractivity (Wildman–Crippen MR) is 143 cm³/mol. The minimum absolute atomic E-state index is 0.0520. The number of carbonyl (C=O) groups is 2. The average Bonchev–Trinajstić information content (AvgIpc) is 3.47. The highest BCUT2D eigenvalue weighted by Gasteiger charge is 2.52. The van der Waals surface area contributed by atoms with Gasteiger partial charge in [-0.05, 0) is 54.9 Å². The van der Waals surface area contributed by atoms with E-state index >= 15 is 0 Å². The van der Waals surface area contributed by atoms with Crippen LogP contribution in [0.25, 0.3) is 0 Å². The Kier molecular flexibility index (Phi) is 9.78. The molecule has 1 aliphatic heterocycles. The zero-order valence-electron chi connectivity index (χ0n) is 21.6. The second-order valence-electron chi connectivity index (χ2n) is 9.03. The highest BCUT2D eigenvalue weighted by Crippen LogP contribution is 2.42. The lowest BCUT2D eigenvalue weighted by atomic mass is 9.98. The third kappa shape index (κ3) is 7.93. The third-order valence-corrected chi connectivity index (χ3v) is 6.62. The second-order valence-corrected chi connectivity index (χ2v) is 10.2. The molecule has 220 valence electrons. The zero-order chi connectivity index (χ0) is 29.6. The number of aliphatic hydroxyl groups excluding tert-OH is 1. The number of nitrogen functional groups attached to an aromatic ring is 1. The Morgan fingerprint density at radius 2 is 1.73 bits per heavy atom. The number of hydrogen-bond acceptors (Lipinski definition) is 11. The molecule has 0 spiro atoms. The molecule has 1 aromatic heterocycles. The summed E-state index contributed by atoms with van der Waals surface area (Å²) in [5.41, 5.74) is 12.5. The molecule has 8 N–H and O–H groups in total. The van der Waals surface area contributed by atoms with E-state index in [1.165, 1.54) is 30.5 Å². The number of aromatic amines is 1. The number of esters is 2. The Labute approximate surface area is 234 Å². The van der Waals surface area contributed by atoms with Gasteiger partial charge in [0.25, 0.3) is 0 Å². The smallest absolute Gasteiger partial charge is 0.461 e. The molecule has 2 heterocycles. The molecule has 1 saturated heterocycles. The first-order chi connectivity index (χ1) is 19.6. The van der Waals surface area contributed by atoms with Crippen LogP contribution in [-0.4, -0.2) is 75.7 Å². The van der Waals surface area contributed by atoms with Crippen LogP contribution in [0.1, 0.15) is 26.4 Å². The number of carbonyl (C=O) groups excluding carboxylic acids is 2. The van der Waals surface area contributed by atoms with Gasteiger partial charge in [0.15, 0.2) is 6.10 Å². The molecule has 4 rings (SSSR count). The van der Waals surface area contributed by atoms with Gasteiger partial charge >= 0.3 is 19.8 Å². The van der Waals surface area contributed by atoms with E-state index in [0.29, 0.717) is 13.0 Å². The molecular weight excluding hydrogens is 561 g/mol. The Balaban J connectivity index is 1.64. The van der Waals surface area contributed by atoms with E-state index in [-0.39, 0.29) is 22.7 Å². The van der Waals surface area contributed by atoms with Crippen molar-refractivity contribution in [3.05, 3.63) is 83.7 Å². The van der Waals surface area contributed by atoms with Gasteiger partial charge < -0.3 is 50.3 Å². The highest BCUT2D eigenvalue weighted by atomic mass is 31.2. The largest absolute Gasteiger partial charge is 0.470 e. The minimum Gasteiger partial charge on any atom is -0.461 e. The molecule has 0 amide bonds. The van der Waals surface area contributed by atoms with Crippen molar-refractivity contribution in [2.45, 2.75) is 37.1 Å². The maximum absolute atomic E-state index is 13.1. The van der Waals surface area contributed by atoms with E-state index in [1.807, 2.05) is 0 Å². The van der Waals surface area contributed by atoms with Crippen LogP contribution in [-0.2, 0) is 29.7 Å². The van der Waals surface area contributed by atoms with Crippen LogP contribution in [0.2, 0.25) is 0 Å². The molecule has 41 heavy (non-hydrogen) atoms. The second kappa shape index (κ2) is 13.3. The van der Waals surface area contributed by atoms with Crippen molar-refractivity contribution in [2.75, 3.05) is 18.9 Å². The Morgan fingerprint density at radius 3 is 2.37 bits per heavy atom. The van der Waals surface area contributed by atoms with Crippen LogP contribution >= 0.6 is 7.82 Å². The standard InChI is InChI=1S/C26H30N3O11P/c27-12-11-15-7-9-16(10-8-15)37-26-23(39-24(31)17-4-1-2-5-18(17)28)22(40-41(33,34)35)21(30)20(38-26)14-36-25(32)19-6-3-13-29-19/h1-10,13,20-23,26,29-30H,11-12,14,27-28H2,(H2,33,34,35)/t20-,21-,22+,23-,26-/m1/s1. The molecule has 2 aromatic carbocycles. The van der Waals surface area contributed by atoms with Crippen LogP contribution in [0.5, 0.6) is 5.75 Å². The minimum atomic E-state index is -5.27. The Morgan fingerprint density at radius 1 is 1.00 bits per heavy atom. The van der Waals surface area contributed by atoms with Crippen molar-refractivity contribution in [3.8, 4) is 5.75 Å². The number of aromatic nitrogens is 1. The van der Waals surface area contributed by atoms with Gasteiger partial charge in [-0.2, -0.15) is 0 Å². The normalized spacial score (nSPS) is 22.6. The van der Waals surface area contributed by atoms with Gasteiger partial charge in [-0.25, -0.2) is 14.2 Å². The van der Waals surface area contributed by atoms with Crippen LogP contribution in [0.4, 0.5) is 5.69 Å². The van der Waals surface area contributed by atoms with Crippen molar-refractivity contribution >= 4 is 25.4 Å². The number of hydrogen-bond donors (Lipinski definition) is 6. The summed E-state index contributed by atoms with van der Waals surface area (Å²) in [5.74, 6) is -1.55. The lowest BCUT2D eigenvalue weighted by Gasteiger charge is -2.43. The number of nitrogens with one attached hydrogen (secondary N) is 1. The number of rotatable bonds is 11. The first-order valence-electron chi connectivity index (χ1n) is 12.4. The molecule has 0 unspecified atom stereocenters. The van der Waals surface area contributed by atoms with Crippen LogP contribution < -0.4 is 16.2 Å². The van der Waals surface area contributed by atoms with Gasteiger partial charge in [-0.15, -0.1) is 0 Å². The molecule has 0 bridgehead atoms. The topological polar surface area (TPSA) is 226 Å². The Bertz CT molecular complexity index is 1360. The van der Waals surface area contributed by atoms with E-state index in [2.05, 4.69) is 4.98 Å². The monoisotopic (exact) mass is 591 g/mol. The number of para-hydroxylation sites is 1. The summed E-state index contributed by atoms with van der Waals surface area (Å²) in [7, 11) is -5.27. The number of phosphoric ester groups is 1. The molecular formula is C26H30N3O11P. The van der Waals surface area contributed by atoms with Crippen molar-refractivity contribution in [2.24, 2.45) is 5.73 Å². The SMILES string of the molecule is NCCc1ccc(O[C@@H]2O[C@H](COC(=O)c3ccc[nH]3)[C@@H](O)[C@H](OP(=O)(O)O)[C@H]2OC(=O)c2ccccc2N)cc1. The number of ether oxygens (including phenoxy) is 4. The molecule has 5 atom stereocenters. The average molecular weight is 592 g/mol. The van der Waals surface area contributed by atoms with Gasteiger partial charge in [-0.3, -0.25) is 4.52 Å². The van der Waals surface area contributed by atoms with Crippen LogP contribution in [0, 0.1) is 0 Å². The number of phosphoric acid groups is 1. The van der Waals surface area contributed by atoms with Gasteiger partial charge in [0.1, 0.15) is 36.4 Å². The number of aliphatic hydroxyl groups is 1.